The van der Waals surface area contributed by atoms with Crippen molar-refractivity contribution in [1.29, 1.82) is 0 Å². The Hall–Kier alpha value is -0.330. The fourth-order valence-electron chi connectivity index (χ4n) is 1.29. The Balaban J connectivity index is 0.00000128. The number of hydrogen-bond acceptors (Lipinski definition) is 2. The number of carbonyl (C=O) groups is 1. The summed E-state index contributed by atoms with van der Waals surface area (Å²) in [5.41, 5.74) is 7.23. The van der Waals surface area contributed by atoms with E-state index in [2.05, 4.69) is 27.9 Å². The monoisotopic (exact) mass is 352 g/mol. The number of aryl methyl sites for hydroxylation is 1. The summed E-state index contributed by atoms with van der Waals surface area (Å²) in [6.07, 6.45) is 1.59. The predicted octanol–water partition coefficient (Wildman–Crippen LogP) is 2.45. The normalized spacial score (nSPS) is 16.2. The molecule has 0 radical (unpaired) electrons. The molecule has 0 aliphatic heterocycles. The summed E-state index contributed by atoms with van der Waals surface area (Å²) in [6, 6.07) is 5.86. The zero-order chi connectivity index (χ0) is 11.1. The van der Waals surface area contributed by atoms with E-state index in [-0.39, 0.29) is 18.3 Å². The number of rotatable bonds is 2. The summed E-state index contributed by atoms with van der Waals surface area (Å²) < 4.78 is 1.15. The quantitative estimate of drug-likeness (QED) is 0.803. The highest BCUT2D eigenvalue weighted by molar-refractivity contribution is 14.1. The Morgan fingerprint density at radius 2 is 2.12 bits per heavy atom. The molecule has 0 saturated heterocycles. The van der Waals surface area contributed by atoms with E-state index in [1.165, 1.54) is 5.56 Å². The van der Waals surface area contributed by atoms with Crippen LogP contribution >= 0.6 is 35.0 Å². The van der Waals surface area contributed by atoms with Crippen molar-refractivity contribution in [3.05, 3.63) is 27.3 Å². The highest BCUT2D eigenvalue weighted by Crippen LogP contribution is 2.33. The molecule has 0 unspecified atom stereocenters. The number of carbonyl (C=O) groups excluding carboxylic acids is 1. The number of benzene rings is 1. The van der Waals surface area contributed by atoms with Crippen LogP contribution in [-0.2, 0) is 4.79 Å². The second-order valence-electron chi connectivity index (χ2n) is 4.07. The maximum atomic E-state index is 11.7. The van der Waals surface area contributed by atoms with E-state index in [4.69, 9.17) is 5.73 Å². The first-order valence-corrected chi connectivity index (χ1v) is 5.96. The maximum Gasteiger partial charge on any atom is 0.244 e. The number of hydrogen-bond donors (Lipinski definition) is 2. The summed E-state index contributed by atoms with van der Waals surface area (Å²) in [5.74, 6) is -0.0675. The zero-order valence-electron chi connectivity index (χ0n) is 8.92. The van der Waals surface area contributed by atoms with Crippen LogP contribution in [0.15, 0.2) is 18.2 Å². The van der Waals surface area contributed by atoms with Crippen LogP contribution in [0, 0.1) is 10.5 Å². The second-order valence-corrected chi connectivity index (χ2v) is 5.24. The van der Waals surface area contributed by atoms with Gasteiger partial charge in [0.1, 0.15) is 0 Å². The second kappa shape index (κ2) is 4.89. The lowest BCUT2D eigenvalue weighted by molar-refractivity contribution is -0.118. The van der Waals surface area contributed by atoms with Crippen LogP contribution in [-0.4, -0.2) is 11.4 Å². The fraction of sp³-hybridized carbons (Fsp3) is 0.364. The third-order valence-electron chi connectivity index (χ3n) is 2.67. The van der Waals surface area contributed by atoms with Crippen molar-refractivity contribution in [2.24, 2.45) is 5.73 Å². The highest BCUT2D eigenvalue weighted by Gasteiger charge is 2.45. The smallest absolute Gasteiger partial charge is 0.244 e. The molecule has 5 heteroatoms. The Kier molecular flexibility index (Phi) is 4.20. The van der Waals surface area contributed by atoms with Crippen LogP contribution in [0.2, 0.25) is 0 Å². The van der Waals surface area contributed by atoms with Gasteiger partial charge in [-0.1, -0.05) is 6.07 Å². The first kappa shape index (κ1) is 13.7. The predicted molar refractivity (Wildman–Crippen MR) is 75.9 cm³/mol. The van der Waals surface area contributed by atoms with E-state index in [9.17, 15) is 4.79 Å². The third kappa shape index (κ3) is 2.87. The lowest BCUT2D eigenvalue weighted by Gasteiger charge is -2.10. The van der Waals surface area contributed by atoms with Crippen LogP contribution in [0.1, 0.15) is 18.4 Å². The van der Waals surface area contributed by atoms with Gasteiger partial charge in [-0.25, -0.2) is 0 Å². The van der Waals surface area contributed by atoms with Crippen LogP contribution in [0.3, 0.4) is 0 Å². The van der Waals surface area contributed by atoms with Crippen LogP contribution in [0.5, 0.6) is 0 Å². The Bertz CT molecular complexity index is 418. The summed E-state index contributed by atoms with van der Waals surface area (Å²) >= 11 is 2.25. The van der Waals surface area contributed by atoms with Crippen molar-refractivity contribution in [2.75, 3.05) is 5.32 Å². The van der Waals surface area contributed by atoms with E-state index in [0.717, 1.165) is 22.1 Å². The first-order valence-electron chi connectivity index (χ1n) is 4.88. The maximum absolute atomic E-state index is 11.7. The zero-order valence-corrected chi connectivity index (χ0v) is 11.9. The molecule has 3 N–H and O–H groups in total. The van der Waals surface area contributed by atoms with Crippen LogP contribution in [0.25, 0.3) is 0 Å². The molecule has 0 atom stereocenters. The number of nitrogens with one attached hydrogen (secondary N) is 1. The molecule has 0 bridgehead atoms. The average Bonchev–Trinajstić information content (AvgIpc) is 2.92. The van der Waals surface area contributed by atoms with E-state index in [1.807, 2.05) is 25.1 Å². The van der Waals surface area contributed by atoms with Crippen molar-refractivity contribution in [2.45, 2.75) is 25.3 Å². The molecule has 0 aromatic heterocycles. The number of nitrogens with two attached hydrogens (primary N) is 1. The molecule has 0 spiro atoms. The summed E-state index contributed by atoms with van der Waals surface area (Å²) in [6.45, 7) is 2.04. The van der Waals surface area contributed by atoms with E-state index < -0.39 is 5.54 Å². The largest absolute Gasteiger partial charge is 0.324 e. The minimum Gasteiger partial charge on any atom is -0.324 e. The molecule has 1 aromatic rings. The molecule has 1 aromatic carbocycles. The Morgan fingerprint density at radius 3 is 2.62 bits per heavy atom. The molecule has 1 saturated carbocycles. The van der Waals surface area contributed by atoms with Crippen LogP contribution < -0.4 is 11.1 Å². The van der Waals surface area contributed by atoms with Gasteiger partial charge in [-0.05, 0) is 60.1 Å². The van der Waals surface area contributed by atoms with Gasteiger partial charge in [-0.15, -0.1) is 12.4 Å². The van der Waals surface area contributed by atoms with Gasteiger partial charge in [0, 0.05) is 9.26 Å². The molecule has 1 aliphatic carbocycles. The fourth-order valence-corrected chi connectivity index (χ4v) is 1.80. The summed E-state index contributed by atoms with van der Waals surface area (Å²) in [4.78, 5) is 11.7. The molecule has 1 aliphatic rings. The lowest BCUT2D eigenvalue weighted by Crippen LogP contribution is -2.37. The van der Waals surface area contributed by atoms with Crippen molar-refractivity contribution in [1.82, 2.24) is 0 Å². The number of halogens is 2. The molecule has 3 nitrogen and oxygen atoms in total. The Labute approximate surface area is 115 Å². The summed E-state index contributed by atoms with van der Waals surface area (Å²) in [7, 11) is 0. The van der Waals surface area contributed by atoms with Gasteiger partial charge in [-0.3, -0.25) is 4.79 Å². The number of amides is 1. The van der Waals surface area contributed by atoms with Gasteiger partial charge in [-0.2, -0.15) is 0 Å². The molecular weight excluding hydrogens is 338 g/mol. The first-order chi connectivity index (χ1) is 7.01. The molecule has 88 valence electrons. The molecule has 0 heterocycles. The van der Waals surface area contributed by atoms with Gasteiger partial charge in [0.05, 0.1) is 5.54 Å². The third-order valence-corrected chi connectivity index (χ3v) is 3.83. The van der Waals surface area contributed by atoms with Crippen molar-refractivity contribution >= 4 is 46.6 Å². The van der Waals surface area contributed by atoms with Gasteiger partial charge in [0.15, 0.2) is 0 Å². The summed E-state index contributed by atoms with van der Waals surface area (Å²) in [5, 5.41) is 2.84. The van der Waals surface area contributed by atoms with E-state index >= 15 is 0 Å². The van der Waals surface area contributed by atoms with E-state index in [0.29, 0.717) is 0 Å². The van der Waals surface area contributed by atoms with E-state index in [1.54, 1.807) is 0 Å². The van der Waals surface area contributed by atoms with Gasteiger partial charge in [0.25, 0.3) is 0 Å². The van der Waals surface area contributed by atoms with Crippen LogP contribution in [0.4, 0.5) is 5.69 Å². The molecular formula is C11H14ClIN2O. The molecule has 2 rings (SSSR count). The highest BCUT2D eigenvalue weighted by atomic mass is 127. The molecule has 16 heavy (non-hydrogen) atoms. The molecule has 1 amide bonds. The van der Waals surface area contributed by atoms with Gasteiger partial charge >= 0.3 is 0 Å². The standard InChI is InChI=1S/C11H13IN2O.ClH/c1-7-2-3-8(6-9(7)12)14-10(15)11(13)4-5-11;/h2-3,6H,4-5,13H2,1H3,(H,14,15);1H. The van der Waals surface area contributed by atoms with Crippen molar-refractivity contribution < 1.29 is 4.79 Å². The SMILES string of the molecule is Cc1ccc(NC(=O)C2(N)CC2)cc1I.Cl. The topological polar surface area (TPSA) is 55.1 Å². The van der Waals surface area contributed by atoms with Crippen molar-refractivity contribution in [3.63, 3.8) is 0 Å². The Morgan fingerprint density at radius 1 is 1.50 bits per heavy atom. The number of anilines is 1. The minimum absolute atomic E-state index is 0. The lowest BCUT2D eigenvalue weighted by atomic mass is 10.2. The molecule has 1 fully saturated rings. The minimum atomic E-state index is -0.601. The van der Waals surface area contributed by atoms with Crippen molar-refractivity contribution in [3.8, 4) is 0 Å². The van der Waals surface area contributed by atoms with Gasteiger partial charge in [0.2, 0.25) is 5.91 Å². The van der Waals surface area contributed by atoms with Gasteiger partial charge < -0.3 is 11.1 Å². The average molecular weight is 353 g/mol.